The van der Waals surface area contributed by atoms with Gasteiger partial charge < -0.3 is 14.2 Å². The molecule has 142 valence electrons. The van der Waals surface area contributed by atoms with Crippen molar-refractivity contribution >= 4 is 11.0 Å². The van der Waals surface area contributed by atoms with E-state index in [9.17, 15) is 4.21 Å². The molecule has 0 unspecified atom stereocenters. The first-order valence-electron chi connectivity index (χ1n) is 8.67. The maximum absolute atomic E-state index is 12.9. The topological polar surface area (TPSA) is 56.8 Å². The van der Waals surface area contributed by atoms with E-state index in [0.717, 1.165) is 5.56 Å². The van der Waals surface area contributed by atoms with Gasteiger partial charge in [-0.05, 0) is 53.2 Å². The lowest BCUT2D eigenvalue weighted by atomic mass is 9.95. The van der Waals surface area contributed by atoms with E-state index < -0.39 is 22.5 Å². The van der Waals surface area contributed by atoms with Crippen LogP contribution in [0.2, 0.25) is 0 Å². The standard InChI is InChI=1S/C19H31NO4S/c1-7-15-18(6,19(22-8-2,23-9-3)24-10-4)20-25(21)17-13-11-16(5)12-14-17/h7,11-14,20H,1,8-10,15H2,2-6H3/t18-,25-/m1/s1. The Morgan fingerprint density at radius 3 is 1.96 bits per heavy atom. The van der Waals surface area contributed by atoms with E-state index >= 15 is 0 Å². The fraction of sp³-hybridized carbons (Fsp3) is 0.579. The molecule has 1 rings (SSSR count). The molecule has 0 heterocycles. The lowest BCUT2D eigenvalue weighted by Gasteiger charge is -2.46. The molecule has 0 aromatic heterocycles. The highest BCUT2D eigenvalue weighted by Crippen LogP contribution is 2.34. The molecule has 0 radical (unpaired) electrons. The maximum atomic E-state index is 12.9. The molecule has 1 aromatic rings. The number of hydrogen-bond donors (Lipinski definition) is 1. The number of hydrogen-bond acceptors (Lipinski definition) is 4. The van der Waals surface area contributed by atoms with E-state index in [1.807, 2.05) is 58.9 Å². The molecule has 0 saturated carbocycles. The molecule has 0 spiro atoms. The third-order valence-corrected chi connectivity index (χ3v) is 5.12. The Labute approximate surface area is 154 Å². The maximum Gasteiger partial charge on any atom is 0.303 e. The summed E-state index contributed by atoms with van der Waals surface area (Å²) in [5.41, 5.74) is 0.217. The van der Waals surface area contributed by atoms with E-state index in [1.54, 1.807) is 6.08 Å². The SMILES string of the molecule is C=CC[C@@](C)(N[S@](=O)c1ccc(C)cc1)C(OCC)(OCC)OCC. The van der Waals surface area contributed by atoms with Crippen molar-refractivity contribution in [2.24, 2.45) is 0 Å². The van der Waals surface area contributed by atoms with Crippen LogP contribution in [-0.2, 0) is 25.2 Å². The summed E-state index contributed by atoms with van der Waals surface area (Å²) < 4.78 is 33.7. The van der Waals surface area contributed by atoms with Crippen LogP contribution in [0.15, 0.2) is 41.8 Å². The molecule has 0 fully saturated rings. The van der Waals surface area contributed by atoms with Gasteiger partial charge in [0, 0.05) is 19.8 Å². The summed E-state index contributed by atoms with van der Waals surface area (Å²) in [6.07, 6.45) is 2.19. The van der Waals surface area contributed by atoms with Gasteiger partial charge in [0.2, 0.25) is 0 Å². The highest BCUT2D eigenvalue weighted by atomic mass is 32.2. The van der Waals surface area contributed by atoms with Crippen molar-refractivity contribution in [1.82, 2.24) is 4.72 Å². The van der Waals surface area contributed by atoms with E-state index in [2.05, 4.69) is 11.3 Å². The highest BCUT2D eigenvalue weighted by Gasteiger charge is 2.52. The van der Waals surface area contributed by atoms with Crippen LogP contribution in [0, 0.1) is 6.92 Å². The van der Waals surface area contributed by atoms with Gasteiger partial charge in [0.1, 0.15) is 16.5 Å². The number of ether oxygens (including phenoxy) is 3. The van der Waals surface area contributed by atoms with Gasteiger partial charge in [-0.15, -0.1) is 6.58 Å². The van der Waals surface area contributed by atoms with Gasteiger partial charge in [-0.1, -0.05) is 23.8 Å². The second-order valence-corrected chi connectivity index (χ2v) is 7.08. The summed E-state index contributed by atoms with van der Waals surface area (Å²) in [5, 5.41) is 0. The Hall–Kier alpha value is -1.05. The number of benzene rings is 1. The molecule has 6 heteroatoms. The van der Waals surface area contributed by atoms with Gasteiger partial charge in [-0.3, -0.25) is 0 Å². The average molecular weight is 370 g/mol. The first-order valence-corrected chi connectivity index (χ1v) is 9.82. The fourth-order valence-electron chi connectivity index (χ4n) is 2.62. The normalized spacial score (nSPS) is 15.6. The molecular formula is C19H31NO4S. The second-order valence-electron chi connectivity index (χ2n) is 5.86. The Morgan fingerprint density at radius 1 is 1.08 bits per heavy atom. The van der Waals surface area contributed by atoms with Crippen molar-refractivity contribution < 1.29 is 18.4 Å². The second kappa shape index (κ2) is 10.2. The zero-order chi connectivity index (χ0) is 18.9. The Bertz CT molecular complexity index is 544. The largest absolute Gasteiger partial charge is 0.326 e. The molecular weight excluding hydrogens is 338 g/mol. The Morgan fingerprint density at radius 2 is 1.56 bits per heavy atom. The first-order chi connectivity index (χ1) is 11.9. The van der Waals surface area contributed by atoms with Crippen LogP contribution < -0.4 is 4.72 Å². The summed E-state index contributed by atoms with van der Waals surface area (Å²) >= 11 is 0. The summed E-state index contributed by atoms with van der Waals surface area (Å²) in [6.45, 7) is 14.5. The van der Waals surface area contributed by atoms with Crippen molar-refractivity contribution in [3.05, 3.63) is 42.5 Å². The Kier molecular flexibility index (Phi) is 8.96. The van der Waals surface area contributed by atoms with Gasteiger partial charge in [0.15, 0.2) is 0 Å². The predicted octanol–water partition coefficient (Wildman–Crippen LogP) is 3.71. The van der Waals surface area contributed by atoms with Crippen molar-refractivity contribution in [2.45, 2.75) is 57.4 Å². The molecule has 0 saturated heterocycles. The van der Waals surface area contributed by atoms with Gasteiger partial charge in [0.25, 0.3) is 0 Å². The van der Waals surface area contributed by atoms with Crippen molar-refractivity contribution in [3.8, 4) is 0 Å². The zero-order valence-corrected chi connectivity index (χ0v) is 16.8. The molecule has 25 heavy (non-hydrogen) atoms. The third kappa shape index (κ3) is 5.46. The Balaban J connectivity index is 3.22. The molecule has 1 N–H and O–H groups in total. The quantitative estimate of drug-likeness (QED) is 0.451. The average Bonchev–Trinajstić information content (AvgIpc) is 2.56. The highest BCUT2D eigenvalue weighted by molar-refractivity contribution is 7.83. The minimum absolute atomic E-state index is 0.394. The van der Waals surface area contributed by atoms with Crippen LogP contribution in [0.1, 0.15) is 39.7 Å². The van der Waals surface area contributed by atoms with Crippen LogP contribution in [0.5, 0.6) is 0 Å². The fourth-order valence-corrected chi connectivity index (χ4v) is 3.73. The molecule has 5 nitrogen and oxygen atoms in total. The predicted molar refractivity (Wildman–Crippen MR) is 102 cm³/mol. The van der Waals surface area contributed by atoms with Crippen molar-refractivity contribution in [2.75, 3.05) is 19.8 Å². The lowest BCUT2D eigenvalue weighted by molar-refractivity contribution is -0.405. The first kappa shape index (κ1) is 22.0. The minimum atomic E-state index is -1.46. The van der Waals surface area contributed by atoms with Gasteiger partial charge in [0.05, 0.1) is 4.90 Å². The summed E-state index contributed by atoms with van der Waals surface area (Å²) in [5.74, 6) is -1.36. The summed E-state index contributed by atoms with van der Waals surface area (Å²) in [4.78, 5) is 0.680. The molecule has 0 aliphatic rings. The molecule has 0 bridgehead atoms. The van der Waals surface area contributed by atoms with E-state index in [4.69, 9.17) is 14.2 Å². The number of nitrogens with one attached hydrogen (secondary N) is 1. The smallest absolute Gasteiger partial charge is 0.303 e. The molecule has 2 atom stereocenters. The summed E-state index contributed by atoms with van der Waals surface area (Å²) in [6, 6.07) is 7.55. The van der Waals surface area contributed by atoms with Crippen LogP contribution in [0.25, 0.3) is 0 Å². The monoisotopic (exact) mass is 369 g/mol. The van der Waals surface area contributed by atoms with Crippen molar-refractivity contribution in [3.63, 3.8) is 0 Å². The van der Waals surface area contributed by atoms with E-state index in [0.29, 0.717) is 31.1 Å². The minimum Gasteiger partial charge on any atom is -0.326 e. The number of aryl methyl sites for hydroxylation is 1. The van der Waals surface area contributed by atoms with Crippen LogP contribution in [0.3, 0.4) is 0 Å². The van der Waals surface area contributed by atoms with Crippen LogP contribution in [-0.4, -0.2) is 35.5 Å². The zero-order valence-electron chi connectivity index (χ0n) is 16.0. The van der Waals surface area contributed by atoms with E-state index in [1.165, 1.54) is 0 Å². The van der Waals surface area contributed by atoms with Gasteiger partial charge in [-0.2, -0.15) is 0 Å². The third-order valence-electron chi connectivity index (χ3n) is 3.78. The summed E-state index contributed by atoms with van der Waals surface area (Å²) in [7, 11) is -1.46. The molecule has 0 aliphatic heterocycles. The number of rotatable bonds is 12. The van der Waals surface area contributed by atoms with Gasteiger partial charge in [-0.25, -0.2) is 8.93 Å². The molecule has 0 amide bonds. The van der Waals surface area contributed by atoms with Gasteiger partial charge >= 0.3 is 5.97 Å². The molecule has 0 aliphatic carbocycles. The van der Waals surface area contributed by atoms with Crippen molar-refractivity contribution in [1.29, 1.82) is 0 Å². The van der Waals surface area contributed by atoms with E-state index in [-0.39, 0.29) is 0 Å². The molecule has 1 aromatic carbocycles. The van der Waals surface area contributed by atoms with Crippen LogP contribution >= 0.6 is 0 Å². The van der Waals surface area contributed by atoms with Crippen LogP contribution in [0.4, 0.5) is 0 Å². The lowest BCUT2D eigenvalue weighted by Crippen LogP contribution is -2.65.